The number of methoxy groups -OCH3 is 2. The van der Waals surface area contributed by atoms with Crippen LogP contribution in [0.4, 0.5) is 11.6 Å². The fourth-order valence-electron chi connectivity index (χ4n) is 2.66. The van der Waals surface area contributed by atoms with Gasteiger partial charge in [0, 0.05) is 25.6 Å². The van der Waals surface area contributed by atoms with Crippen LogP contribution in [0.15, 0.2) is 36.9 Å². The number of hydrogen-bond donors (Lipinski definition) is 1. The second-order valence-corrected chi connectivity index (χ2v) is 6.46. The van der Waals surface area contributed by atoms with E-state index in [-0.39, 0.29) is 0 Å². The molecule has 2 heterocycles. The van der Waals surface area contributed by atoms with Crippen molar-refractivity contribution >= 4 is 29.2 Å². The zero-order valence-corrected chi connectivity index (χ0v) is 16.5. The Morgan fingerprint density at radius 3 is 2.54 bits per heavy atom. The molecule has 9 heteroatoms. The fraction of sp³-hybridized carbons (Fsp3) is 0.263. The predicted octanol–water partition coefficient (Wildman–Crippen LogP) is 3.19. The zero-order valence-electron chi connectivity index (χ0n) is 15.8. The number of benzene rings is 1. The van der Waals surface area contributed by atoms with Crippen LogP contribution in [0.3, 0.4) is 0 Å². The molecule has 0 unspecified atom stereocenters. The van der Waals surface area contributed by atoms with Crippen LogP contribution in [-0.4, -0.2) is 39.9 Å². The highest BCUT2D eigenvalue weighted by atomic mass is 35.5. The molecule has 1 aromatic carbocycles. The molecule has 0 aliphatic rings. The lowest BCUT2D eigenvalue weighted by atomic mass is 10.0. The van der Waals surface area contributed by atoms with E-state index in [1.54, 1.807) is 35.4 Å². The lowest BCUT2D eigenvalue weighted by Gasteiger charge is -2.11. The number of aromatic nitrogens is 4. The zero-order chi connectivity index (χ0) is 20.1. The molecule has 8 nitrogen and oxygen atoms in total. The van der Waals surface area contributed by atoms with Gasteiger partial charge in [-0.25, -0.2) is 14.8 Å². The van der Waals surface area contributed by atoms with Crippen LogP contribution in [-0.2, 0) is 24.6 Å². The van der Waals surface area contributed by atoms with Gasteiger partial charge in [0.05, 0.1) is 36.7 Å². The molecule has 0 spiro atoms. The van der Waals surface area contributed by atoms with Crippen LogP contribution in [0.1, 0.15) is 21.5 Å². The van der Waals surface area contributed by atoms with Crippen LogP contribution in [0.2, 0.25) is 5.02 Å². The molecule has 0 saturated carbocycles. The summed E-state index contributed by atoms with van der Waals surface area (Å²) in [4.78, 5) is 20.5. The molecule has 0 radical (unpaired) electrons. The molecular weight excluding hydrogens is 382 g/mol. The standard InChI is InChI=1S/C19H20ClN5O3/c1-25-11-15(10-23-25)24-19-21-8-12(9-22-19)4-5-13-6-14(18(26)28-3)7-16(27-2)17(13)20/h6-11H,4-5H2,1-3H3,(H,21,22,24). The lowest BCUT2D eigenvalue weighted by molar-refractivity contribution is 0.0600. The van der Waals surface area contributed by atoms with Gasteiger partial charge in [-0.2, -0.15) is 5.10 Å². The second-order valence-electron chi connectivity index (χ2n) is 6.09. The van der Waals surface area contributed by atoms with Crippen molar-refractivity contribution < 1.29 is 14.3 Å². The third kappa shape index (κ3) is 4.58. The first-order chi connectivity index (χ1) is 13.5. The van der Waals surface area contributed by atoms with Gasteiger partial charge in [-0.3, -0.25) is 4.68 Å². The smallest absolute Gasteiger partial charge is 0.337 e. The number of carbonyl (C=O) groups excluding carboxylic acids is 1. The first-order valence-electron chi connectivity index (χ1n) is 8.51. The molecule has 0 atom stereocenters. The Kier molecular flexibility index (Phi) is 6.10. The fourth-order valence-corrected chi connectivity index (χ4v) is 2.94. The van der Waals surface area contributed by atoms with Gasteiger partial charge in [0.2, 0.25) is 5.95 Å². The molecule has 1 N–H and O–H groups in total. The van der Waals surface area contributed by atoms with Gasteiger partial charge in [-0.05, 0) is 36.1 Å². The third-order valence-electron chi connectivity index (χ3n) is 4.10. The highest BCUT2D eigenvalue weighted by molar-refractivity contribution is 6.33. The van der Waals surface area contributed by atoms with E-state index in [1.165, 1.54) is 14.2 Å². The van der Waals surface area contributed by atoms with Gasteiger partial charge in [-0.15, -0.1) is 0 Å². The maximum Gasteiger partial charge on any atom is 0.337 e. The van der Waals surface area contributed by atoms with Gasteiger partial charge in [-0.1, -0.05) is 11.6 Å². The highest BCUT2D eigenvalue weighted by Crippen LogP contribution is 2.31. The average Bonchev–Trinajstić information content (AvgIpc) is 3.12. The van der Waals surface area contributed by atoms with Crippen molar-refractivity contribution in [1.29, 1.82) is 0 Å². The summed E-state index contributed by atoms with van der Waals surface area (Å²) in [5.41, 5.74) is 2.94. The average molecular weight is 402 g/mol. The first kappa shape index (κ1) is 19.6. The molecule has 0 amide bonds. The minimum absolute atomic E-state index is 0.394. The second kappa shape index (κ2) is 8.71. The molecule has 0 saturated heterocycles. The largest absolute Gasteiger partial charge is 0.495 e. The van der Waals surface area contributed by atoms with Crippen LogP contribution >= 0.6 is 11.6 Å². The summed E-state index contributed by atoms with van der Waals surface area (Å²) >= 11 is 6.39. The molecule has 0 aliphatic heterocycles. The number of rotatable bonds is 7. The number of esters is 1. The van der Waals surface area contributed by atoms with Crippen molar-refractivity contribution in [2.75, 3.05) is 19.5 Å². The number of halogens is 1. The van der Waals surface area contributed by atoms with Crippen molar-refractivity contribution in [1.82, 2.24) is 19.7 Å². The first-order valence-corrected chi connectivity index (χ1v) is 8.89. The topological polar surface area (TPSA) is 91.2 Å². The van der Waals surface area contributed by atoms with Gasteiger partial charge >= 0.3 is 5.97 Å². The summed E-state index contributed by atoms with van der Waals surface area (Å²) in [6, 6.07) is 3.29. The Morgan fingerprint density at radius 2 is 1.93 bits per heavy atom. The SMILES string of the molecule is COC(=O)c1cc(CCc2cnc(Nc3cnn(C)c3)nc2)c(Cl)c(OC)c1. The van der Waals surface area contributed by atoms with E-state index in [4.69, 9.17) is 21.1 Å². The number of ether oxygens (including phenoxy) is 2. The third-order valence-corrected chi connectivity index (χ3v) is 4.53. The van der Waals surface area contributed by atoms with E-state index >= 15 is 0 Å². The molecule has 3 aromatic rings. The quantitative estimate of drug-likeness (QED) is 0.608. The Hall–Kier alpha value is -3.13. The van der Waals surface area contributed by atoms with E-state index in [0.29, 0.717) is 35.1 Å². The molecule has 0 bridgehead atoms. The Bertz CT molecular complexity index is 972. The molecule has 28 heavy (non-hydrogen) atoms. The number of anilines is 2. The van der Waals surface area contributed by atoms with E-state index in [1.807, 2.05) is 13.2 Å². The summed E-state index contributed by atoms with van der Waals surface area (Å²) in [7, 11) is 4.68. The summed E-state index contributed by atoms with van der Waals surface area (Å²) < 4.78 is 11.7. The van der Waals surface area contributed by atoms with E-state index < -0.39 is 5.97 Å². The predicted molar refractivity (Wildman–Crippen MR) is 105 cm³/mol. The minimum atomic E-state index is -0.439. The van der Waals surface area contributed by atoms with Gasteiger partial charge in [0.1, 0.15) is 5.75 Å². The van der Waals surface area contributed by atoms with Crippen LogP contribution in [0.25, 0.3) is 0 Å². The summed E-state index contributed by atoms with van der Waals surface area (Å²) in [6.45, 7) is 0. The molecule has 3 rings (SSSR count). The van der Waals surface area contributed by atoms with Crippen LogP contribution < -0.4 is 10.1 Å². The van der Waals surface area contributed by atoms with Crippen molar-refractivity contribution in [3.63, 3.8) is 0 Å². The monoisotopic (exact) mass is 401 g/mol. The van der Waals surface area contributed by atoms with E-state index in [0.717, 1.165) is 16.8 Å². The van der Waals surface area contributed by atoms with Gasteiger partial charge in [0.15, 0.2) is 0 Å². The highest BCUT2D eigenvalue weighted by Gasteiger charge is 2.15. The Morgan fingerprint density at radius 1 is 1.18 bits per heavy atom. The number of hydrogen-bond acceptors (Lipinski definition) is 7. The van der Waals surface area contributed by atoms with Crippen LogP contribution in [0, 0.1) is 0 Å². The maximum atomic E-state index is 11.9. The van der Waals surface area contributed by atoms with Crippen molar-refractivity contribution in [2.45, 2.75) is 12.8 Å². The molecule has 0 fully saturated rings. The molecule has 0 aliphatic carbocycles. The number of nitrogens with zero attached hydrogens (tertiary/aromatic N) is 4. The normalized spacial score (nSPS) is 10.6. The van der Waals surface area contributed by atoms with Crippen molar-refractivity contribution in [2.24, 2.45) is 7.05 Å². The number of nitrogens with one attached hydrogen (secondary N) is 1. The summed E-state index contributed by atoms with van der Waals surface area (Å²) in [5.74, 6) is 0.487. The summed E-state index contributed by atoms with van der Waals surface area (Å²) in [6.07, 6.45) is 8.28. The lowest BCUT2D eigenvalue weighted by Crippen LogP contribution is -2.05. The molecule has 2 aromatic heterocycles. The molecular formula is C19H20ClN5O3. The number of aryl methyl sites for hydroxylation is 3. The van der Waals surface area contributed by atoms with Crippen molar-refractivity contribution in [3.8, 4) is 5.75 Å². The molecule has 146 valence electrons. The maximum absolute atomic E-state index is 11.9. The van der Waals surface area contributed by atoms with Gasteiger partial charge < -0.3 is 14.8 Å². The van der Waals surface area contributed by atoms with E-state index in [2.05, 4.69) is 20.4 Å². The van der Waals surface area contributed by atoms with Crippen molar-refractivity contribution in [3.05, 3.63) is 58.6 Å². The number of carbonyl (C=O) groups is 1. The Balaban J connectivity index is 1.70. The minimum Gasteiger partial charge on any atom is -0.495 e. The van der Waals surface area contributed by atoms with Gasteiger partial charge in [0.25, 0.3) is 0 Å². The van der Waals surface area contributed by atoms with E-state index in [9.17, 15) is 4.79 Å². The van der Waals surface area contributed by atoms with Crippen LogP contribution in [0.5, 0.6) is 5.75 Å². The summed E-state index contributed by atoms with van der Waals surface area (Å²) in [5, 5.41) is 7.64. The Labute approximate surface area is 167 Å².